The van der Waals surface area contributed by atoms with Gasteiger partial charge in [-0.1, -0.05) is 17.6 Å². The molecule has 0 aromatic carbocycles. The Kier molecular flexibility index (Phi) is 7.00. The lowest BCUT2D eigenvalue weighted by Gasteiger charge is -2.52. The second kappa shape index (κ2) is 9.48. The van der Waals surface area contributed by atoms with E-state index in [0.717, 1.165) is 45.2 Å². The molecular weight excluding hydrogens is 510 g/mol. The Bertz CT molecular complexity index is 984. The van der Waals surface area contributed by atoms with Gasteiger partial charge in [-0.15, -0.1) is 11.3 Å². The number of anilines is 1. The van der Waals surface area contributed by atoms with Crippen molar-refractivity contribution in [2.75, 3.05) is 31.5 Å². The number of carbonyl (C=O) groups is 2. The van der Waals surface area contributed by atoms with Gasteiger partial charge in [0.25, 0.3) is 5.91 Å². The van der Waals surface area contributed by atoms with Crippen LogP contribution in [0.2, 0.25) is 0 Å². The largest absolute Gasteiger partial charge is 1.00 e. The van der Waals surface area contributed by atoms with Crippen LogP contribution in [0.3, 0.4) is 0 Å². The van der Waals surface area contributed by atoms with Gasteiger partial charge >= 0.3 is 5.97 Å². The molecule has 3 saturated heterocycles. The summed E-state index contributed by atoms with van der Waals surface area (Å²) in [4.78, 5) is 26.7. The second-order valence-corrected chi connectivity index (χ2v) is 10.6. The smallest absolute Gasteiger partial charge is 0.344 e. The first-order valence-electron chi connectivity index (χ1n) is 11.4. The molecule has 180 valence electrons. The number of esters is 1. The predicted octanol–water partition coefficient (Wildman–Crippen LogP) is -0.173. The van der Waals surface area contributed by atoms with E-state index in [1.54, 1.807) is 13.0 Å². The average molecular weight is 540 g/mol. The maximum Gasteiger partial charge on any atom is 0.344 e. The van der Waals surface area contributed by atoms with Crippen molar-refractivity contribution in [2.24, 2.45) is 11.8 Å². The fourth-order valence-electron chi connectivity index (χ4n) is 5.51. The lowest BCUT2D eigenvalue weighted by Crippen LogP contribution is -3.00. The molecule has 0 radical (unpaired) electrons. The summed E-state index contributed by atoms with van der Waals surface area (Å²) in [6.07, 6.45) is 4.24. The Morgan fingerprint density at radius 3 is 2.67 bits per heavy atom. The number of amides is 1. The van der Waals surface area contributed by atoms with E-state index in [1.165, 1.54) is 11.3 Å². The molecule has 3 aliphatic heterocycles. The molecule has 2 bridgehead atoms. The highest BCUT2D eigenvalue weighted by Crippen LogP contribution is 2.46. The quantitative estimate of drug-likeness (QED) is 0.374. The number of ether oxygens (including phenoxy) is 1. The molecule has 2 aromatic heterocycles. The number of nitrogens with zero attached hydrogens (tertiary/aromatic N) is 2. The third-order valence-electron chi connectivity index (χ3n) is 7.58. The van der Waals surface area contributed by atoms with Crippen LogP contribution in [0, 0.1) is 18.8 Å². The standard InChI is InChI=1S/C23H29N3O5S.BrH/c1-15-12-20(25-31-15)24-21(27)14-26-9-7-16(8-10-26)18(13-26)30-22(28)23(29,17-4-2-5-17)19-6-3-11-32-19;/h3,6,11-12,16-18,29H,2,4-5,7-10,13-14H2,1H3;1H/t16?,18?,23-,26?;/m0./s1. The molecule has 2 N–H and O–H groups in total. The summed E-state index contributed by atoms with van der Waals surface area (Å²) in [7, 11) is 0. The van der Waals surface area contributed by atoms with Crippen LogP contribution < -0.4 is 22.3 Å². The summed E-state index contributed by atoms with van der Waals surface area (Å²) in [5, 5.41) is 20.0. The number of thiophene rings is 1. The zero-order valence-electron chi connectivity index (χ0n) is 18.7. The van der Waals surface area contributed by atoms with Crippen molar-refractivity contribution in [2.45, 2.75) is 50.7 Å². The van der Waals surface area contributed by atoms with Crippen molar-refractivity contribution < 1.29 is 45.4 Å². The zero-order chi connectivity index (χ0) is 22.3. The first-order valence-corrected chi connectivity index (χ1v) is 12.3. The third-order valence-corrected chi connectivity index (χ3v) is 8.57. The number of quaternary nitrogens is 1. The molecule has 2 atom stereocenters. The van der Waals surface area contributed by atoms with E-state index >= 15 is 0 Å². The zero-order valence-corrected chi connectivity index (χ0v) is 21.1. The van der Waals surface area contributed by atoms with Crippen molar-refractivity contribution >= 4 is 29.0 Å². The molecule has 10 heteroatoms. The van der Waals surface area contributed by atoms with Gasteiger partial charge in [0.2, 0.25) is 0 Å². The molecule has 5 heterocycles. The normalized spacial score (nSPS) is 28.3. The summed E-state index contributed by atoms with van der Waals surface area (Å²) >= 11 is 1.40. The summed E-state index contributed by atoms with van der Waals surface area (Å²) in [6.45, 7) is 4.47. The Labute approximate surface area is 207 Å². The molecule has 8 nitrogen and oxygen atoms in total. The van der Waals surface area contributed by atoms with Crippen molar-refractivity contribution in [3.63, 3.8) is 0 Å². The van der Waals surface area contributed by atoms with Gasteiger partial charge in [0.15, 0.2) is 24.1 Å². The number of hydrogen-bond donors (Lipinski definition) is 2. The van der Waals surface area contributed by atoms with Crippen LogP contribution in [0.15, 0.2) is 28.1 Å². The van der Waals surface area contributed by atoms with E-state index < -0.39 is 11.6 Å². The number of halogens is 1. The molecule has 0 spiro atoms. The van der Waals surface area contributed by atoms with E-state index in [2.05, 4.69) is 10.5 Å². The van der Waals surface area contributed by atoms with Gasteiger partial charge in [-0.05, 0) is 31.2 Å². The molecule has 4 fully saturated rings. The molecule has 1 amide bonds. The number of carbonyl (C=O) groups excluding carboxylic acids is 2. The number of nitrogens with one attached hydrogen (secondary N) is 1. The van der Waals surface area contributed by atoms with Crippen molar-refractivity contribution in [1.82, 2.24) is 5.16 Å². The number of rotatable bonds is 7. The first kappa shape index (κ1) is 24.4. The Balaban J connectivity index is 0.00000259. The van der Waals surface area contributed by atoms with Gasteiger partial charge in [-0.3, -0.25) is 4.79 Å². The van der Waals surface area contributed by atoms with Crippen LogP contribution in [-0.2, 0) is 19.9 Å². The Morgan fingerprint density at radius 1 is 1.33 bits per heavy atom. The van der Waals surface area contributed by atoms with Gasteiger partial charge < -0.3 is 41.1 Å². The number of aryl methyl sites for hydroxylation is 1. The Morgan fingerprint density at radius 2 is 2.09 bits per heavy atom. The summed E-state index contributed by atoms with van der Waals surface area (Å²) in [5.41, 5.74) is -1.56. The Hall–Kier alpha value is -1.75. The minimum absolute atomic E-state index is 0. The third kappa shape index (κ3) is 4.62. The van der Waals surface area contributed by atoms with Crippen LogP contribution >= 0.6 is 11.3 Å². The minimum Gasteiger partial charge on any atom is -1.00 e. The maximum atomic E-state index is 13.3. The van der Waals surface area contributed by atoms with Crippen molar-refractivity contribution in [3.8, 4) is 0 Å². The van der Waals surface area contributed by atoms with Crippen LogP contribution in [0.25, 0.3) is 0 Å². The highest BCUT2D eigenvalue weighted by Gasteiger charge is 2.54. The summed E-state index contributed by atoms with van der Waals surface area (Å²) in [6, 6.07) is 5.38. The number of aliphatic hydroxyl groups is 1. The van der Waals surface area contributed by atoms with E-state index in [1.807, 2.05) is 17.5 Å². The van der Waals surface area contributed by atoms with Gasteiger partial charge in [-0.2, -0.15) is 0 Å². The first-order chi connectivity index (χ1) is 15.4. The van der Waals surface area contributed by atoms with E-state index in [4.69, 9.17) is 9.26 Å². The number of fused-ring (bicyclic) bond motifs is 3. The number of piperidine rings is 3. The monoisotopic (exact) mass is 539 g/mol. The molecule has 2 aromatic rings. The van der Waals surface area contributed by atoms with Crippen LogP contribution in [0.5, 0.6) is 0 Å². The lowest BCUT2D eigenvalue weighted by atomic mass is 9.72. The molecule has 1 saturated carbocycles. The highest BCUT2D eigenvalue weighted by molar-refractivity contribution is 7.10. The SMILES string of the molecule is Cc1cc(NC(=O)C[N+]23CCC(CC2)C(OC(=O)[C@@](O)(c2cccs2)C2CCC2)C3)no1.[Br-]. The topological polar surface area (TPSA) is 102 Å². The van der Waals surface area contributed by atoms with E-state index in [9.17, 15) is 14.7 Å². The lowest BCUT2D eigenvalue weighted by molar-refractivity contribution is -0.939. The van der Waals surface area contributed by atoms with Crippen LogP contribution in [-0.4, -0.2) is 58.9 Å². The second-order valence-electron chi connectivity index (χ2n) is 9.65. The molecule has 1 unspecified atom stereocenters. The molecule has 1 aliphatic carbocycles. The molecule has 6 rings (SSSR count). The predicted molar refractivity (Wildman–Crippen MR) is 118 cm³/mol. The van der Waals surface area contributed by atoms with Crippen molar-refractivity contribution in [3.05, 3.63) is 34.2 Å². The number of aromatic nitrogens is 1. The van der Waals surface area contributed by atoms with Gasteiger partial charge in [0.1, 0.15) is 12.3 Å². The number of hydrogen-bond acceptors (Lipinski definition) is 7. The fourth-order valence-corrected chi connectivity index (χ4v) is 6.40. The van der Waals surface area contributed by atoms with E-state index in [-0.39, 0.29) is 40.8 Å². The van der Waals surface area contributed by atoms with Gasteiger partial charge in [-0.25, -0.2) is 4.79 Å². The molecular formula is C23H30BrN3O5S. The van der Waals surface area contributed by atoms with Gasteiger partial charge in [0.05, 0.1) is 13.1 Å². The average Bonchev–Trinajstić information content (AvgIpc) is 3.39. The highest BCUT2D eigenvalue weighted by atomic mass is 79.9. The maximum absolute atomic E-state index is 13.3. The fraction of sp³-hybridized carbons (Fsp3) is 0.609. The van der Waals surface area contributed by atoms with E-state index in [0.29, 0.717) is 34.0 Å². The van der Waals surface area contributed by atoms with Crippen LogP contribution in [0.4, 0.5) is 5.82 Å². The minimum atomic E-state index is -1.56. The summed E-state index contributed by atoms with van der Waals surface area (Å²) < 4.78 is 11.7. The van der Waals surface area contributed by atoms with Gasteiger partial charge in [0, 0.05) is 35.6 Å². The van der Waals surface area contributed by atoms with Crippen LogP contribution in [0.1, 0.15) is 42.7 Å². The van der Waals surface area contributed by atoms with Crippen molar-refractivity contribution in [1.29, 1.82) is 0 Å². The summed E-state index contributed by atoms with van der Waals surface area (Å²) in [5.74, 6) is 0.617. The molecule has 4 aliphatic rings. The molecule has 33 heavy (non-hydrogen) atoms.